The quantitative estimate of drug-likeness (QED) is 0.776. The van der Waals surface area contributed by atoms with Gasteiger partial charge in [-0.1, -0.05) is 29.3 Å². The molecule has 2 amide bonds. The van der Waals surface area contributed by atoms with Crippen molar-refractivity contribution in [2.75, 3.05) is 17.7 Å². The molecule has 0 aliphatic rings. The molecule has 0 aromatic heterocycles. The second-order valence-electron chi connectivity index (χ2n) is 5.10. The number of methoxy groups -OCH3 is 1. The van der Waals surface area contributed by atoms with E-state index in [1.807, 2.05) is 13.0 Å². The number of benzene rings is 2. The van der Waals surface area contributed by atoms with Gasteiger partial charge in [-0.15, -0.1) is 0 Å². The summed E-state index contributed by atoms with van der Waals surface area (Å²) >= 11 is 11.8. The van der Waals surface area contributed by atoms with Crippen molar-refractivity contribution >= 4 is 46.4 Å². The van der Waals surface area contributed by atoms with E-state index in [1.165, 1.54) is 13.2 Å². The van der Waals surface area contributed by atoms with Crippen LogP contribution in [0.15, 0.2) is 36.4 Å². The maximum absolute atomic E-state index is 12.0. The molecule has 0 bridgehead atoms. The van der Waals surface area contributed by atoms with E-state index in [-0.39, 0.29) is 6.42 Å². The molecule has 2 rings (SSSR count). The fraction of sp³-hybridized carbons (Fsp3) is 0.176. The summed E-state index contributed by atoms with van der Waals surface area (Å²) in [7, 11) is 1.51. The maximum atomic E-state index is 12.0. The van der Waals surface area contributed by atoms with Crippen LogP contribution in [0.4, 0.5) is 11.4 Å². The maximum Gasteiger partial charge on any atom is 0.233 e. The Labute approximate surface area is 149 Å². The Morgan fingerprint density at radius 2 is 1.67 bits per heavy atom. The summed E-state index contributed by atoms with van der Waals surface area (Å²) in [6, 6.07) is 10.1. The third-order valence-electron chi connectivity index (χ3n) is 3.16. The minimum Gasteiger partial charge on any atom is -0.495 e. The third kappa shape index (κ3) is 4.88. The molecule has 0 aliphatic carbocycles. The van der Waals surface area contributed by atoms with Gasteiger partial charge >= 0.3 is 0 Å². The number of anilines is 2. The molecule has 0 unspecified atom stereocenters. The Bertz CT molecular complexity index is 778. The summed E-state index contributed by atoms with van der Waals surface area (Å²) in [5, 5.41) is 6.00. The van der Waals surface area contributed by atoms with Crippen molar-refractivity contribution in [3.05, 3.63) is 52.0 Å². The third-order valence-corrected chi connectivity index (χ3v) is 3.70. The van der Waals surface area contributed by atoms with Crippen molar-refractivity contribution in [2.24, 2.45) is 0 Å². The molecule has 0 saturated heterocycles. The van der Waals surface area contributed by atoms with Gasteiger partial charge in [0.25, 0.3) is 0 Å². The highest BCUT2D eigenvalue weighted by Gasteiger charge is 2.13. The lowest BCUT2D eigenvalue weighted by molar-refractivity contribution is -0.123. The molecular weight excluding hydrogens is 351 g/mol. The molecule has 0 saturated carbocycles. The van der Waals surface area contributed by atoms with Crippen LogP contribution >= 0.6 is 23.2 Å². The van der Waals surface area contributed by atoms with Crippen LogP contribution in [0.25, 0.3) is 0 Å². The minimum absolute atomic E-state index is 0.302. The van der Waals surface area contributed by atoms with Gasteiger partial charge in [0.15, 0.2) is 0 Å². The first kappa shape index (κ1) is 18.1. The standard InChI is InChI=1S/C17H16Cl2N2O3/c1-10-3-6-15(24-2)14(7-10)21-17(23)9-16(22)20-13-5-4-11(18)8-12(13)19/h3-8H,9H2,1-2H3,(H,20,22)(H,21,23). The van der Waals surface area contributed by atoms with E-state index in [2.05, 4.69) is 10.6 Å². The van der Waals surface area contributed by atoms with Crippen molar-refractivity contribution in [1.82, 2.24) is 0 Å². The summed E-state index contributed by atoms with van der Waals surface area (Å²) in [4.78, 5) is 24.0. The first-order valence-electron chi connectivity index (χ1n) is 7.08. The normalized spacial score (nSPS) is 10.2. The van der Waals surface area contributed by atoms with Crippen LogP contribution in [0.1, 0.15) is 12.0 Å². The first-order valence-corrected chi connectivity index (χ1v) is 7.84. The number of amides is 2. The number of aryl methyl sites for hydroxylation is 1. The Hall–Kier alpha value is -2.24. The van der Waals surface area contributed by atoms with Gasteiger partial charge in [0.05, 0.1) is 23.5 Å². The highest BCUT2D eigenvalue weighted by Crippen LogP contribution is 2.26. The summed E-state index contributed by atoms with van der Waals surface area (Å²) in [6.45, 7) is 1.89. The summed E-state index contributed by atoms with van der Waals surface area (Å²) in [5.74, 6) is -0.417. The average Bonchev–Trinajstić information content (AvgIpc) is 2.50. The second-order valence-corrected chi connectivity index (χ2v) is 5.94. The Balaban J connectivity index is 1.99. The zero-order chi connectivity index (χ0) is 17.7. The lowest BCUT2D eigenvalue weighted by atomic mass is 10.2. The molecule has 7 heteroatoms. The van der Waals surface area contributed by atoms with Gasteiger partial charge < -0.3 is 15.4 Å². The topological polar surface area (TPSA) is 67.4 Å². The number of halogens is 2. The summed E-state index contributed by atoms with van der Waals surface area (Å²) in [5.41, 5.74) is 1.87. The number of nitrogens with one attached hydrogen (secondary N) is 2. The van der Waals surface area contributed by atoms with Crippen molar-refractivity contribution in [1.29, 1.82) is 0 Å². The summed E-state index contributed by atoms with van der Waals surface area (Å²) in [6.07, 6.45) is -0.351. The van der Waals surface area contributed by atoms with E-state index in [1.54, 1.807) is 24.3 Å². The Morgan fingerprint density at radius 1 is 1.00 bits per heavy atom. The Kier molecular flexibility index (Phi) is 6.06. The van der Waals surface area contributed by atoms with E-state index in [0.717, 1.165) is 5.56 Å². The highest BCUT2D eigenvalue weighted by atomic mass is 35.5. The van der Waals surface area contributed by atoms with Gasteiger partial charge in [0.2, 0.25) is 11.8 Å². The van der Waals surface area contributed by atoms with E-state index in [4.69, 9.17) is 27.9 Å². The molecule has 0 aliphatic heterocycles. The van der Waals surface area contributed by atoms with Gasteiger partial charge in [0, 0.05) is 5.02 Å². The molecule has 0 spiro atoms. The zero-order valence-electron chi connectivity index (χ0n) is 13.2. The number of hydrogen-bond acceptors (Lipinski definition) is 3. The number of carbonyl (C=O) groups excluding carboxylic acids is 2. The average molecular weight is 367 g/mol. The highest BCUT2D eigenvalue weighted by molar-refractivity contribution is 6.36. The SMILES string of the molecule is COc1ccc(C)cc1NC(=O)CC(=O)Nc1ccc(Cl)cc1Cl. The predicted octanol–water partition coefficient (Wildman–Crippen LogP) is 4.28. The molecule has 0 radical (unpaired) electrons. The fourth-order valence-corrected chi connectivity index (χ4v) is 2.50. The molecule has 2 aromatic rings. The molecule has 24 heavy (non-hydrogen) atoms. The van der Waals surface area contributed by atoms with Crippen LogP contribution in [0.2, 0.25) is 10.0 Å². The van der Waals surface area contributed by atoms with Crippen molar-refractivity contribution in [3.63, 3.8) is 0 Å². The molecule has 2 aromatic carbocycles. The zero-order valence-corrected chi connectivity index (χ0v) is 14.7. The number of rotatable bonds is 5. The molecule has 126 valence electrons. The molecule has 0 fully saturated rings. The van der Waals surface area contributed by atoms with Gasteiger partial charge in [0.1, 0.15) is 12.2 Å². The lowest BCUT2D eigenvalue weighted by Crippen LogP contribution is -2.21. The Morgan fingerprint density at radius 3 is 2.29 bits per heavy atom. The van der Waals surface area contributed by atoms with Crippen LogP contribution in [-0.4, -0.2) is 18.9 Å². The molecule has 5 nitrogen and oxygen atoms in total. The van der Waals surface area contributed by atoms with Crippen LogP contribution in [0.5, 0.6) is 5.75 Å². The van der Waals surface area contributed by atoms with Crippen molar-refractivity contribution < 1.29 is 14.3 Å². The first-order chi connectivity index (χ1) is 11.4. The number of hydrogen-bond donors (Lipinski definition) is 2. The van der Waals surface area contributed by atoms with E-state index in [9.17, 15) is 9.59 Å². The molecule has 0 heterocycles. The van der Waals surface area contributed by atoms with Crippen molar-refractivity contribution in [2.45, 2.75) is 13.3 Å². The fourth-order valence-electron chi connectivity index (χ4n) is 2.04. The molecule has 2 N–H and O–H groups in total. The number of ether oxygens (including phenoxy) is 1. The van der Waals surface area contributed by atoms with E-state index in [0.29, 0.717) is 27.2 Å². The summed E-state index contributed by atoms with van der Waals surface area (Å²) < 4.78 is 5.18. The van der Waals surface area contributed by atoms with Gasteiger partial charge in [-0.05, 0) is 42.8 Å². The predicted molar refractivity (Wildman–Crippen MR) is 96.1 cm³/mol. The number of carbonyl (C=O) groups is 2. The van der Waals surface area contributed by atoms with Crippen molar-refractivity contribution in [3.8, 4) is 5.75 Å². The van der Waals surface area contributed by atoms with E-state index >= 15 is 0 Å². The minimum atomic E-state index is -0.483. The van der Waals surface area contributed by atoms with Gasteiger partial charge in [-0.3, -0.25) is 9.59 Å². The second kappa shape index (κ2) is 8.04. The molecular formula is C17H16Cl2N2O3. The lowest BCUT2D eigenvalue weighted by Gasteiger charge is -2.11. The smallest absolute Gasteiger partial charge is 0.233 e. The van der Waals surface area contributed by atoms with Crippen LogP contribution in [0.3, 0.4) is 0 Å². The monoisotopic (exact) mass is 366 g/mol. The molecule has 0 atom stereocenters. The van der Waals surface area contributed by atoms with E-state index < -0.39 is 11.8 Å². The van der Waals surface area contributed by atoms with Gasteiger partial charge in [-0.25, -0.2) is 0 Å². The van der Waals surface area contributed by atoms with Crippen LogP contribution in [0, 0.1) is 6.92 Å². The van der Waals surface area contributed by atoms with Crippen LogP contribution < -0.4 is 15.4 Å². The van der Waals surface area contributed by atoms with Crippen LogP contribution in [-0.2, 0) is 9.59 Å². The van der Waals surface area contributed by atoms with Gasteiger partial charge in [-0.2, -0.15) is 0 Å². The largest absolute Gasteiger partial charge is 0.495 e.